The van der Waals surface area contributed by atoms with E-state index >= 15 is 0 Å². The normalized spacial score (nSPS) is 15.3. The van der Waals surface area contributed by atoms with Gasteiger partial charge >= 0.3 is 5.97 Å². The lowest BCUT2D eigenvalue weighted by Gasteiger charge is -2.37. The zero-order chi connectivity index (χ0) is 21.1. The summed E-state index contributed by atoms with van der Waals surface area (Å²) >= 11 is 0. The molecule has 1 saturated heterocycles. The molecule has 0 N–H and O–H groups in total. The quantitative estimate of drug-likeness (QED) is 0.604. The number of amides is 1. The number of nitrogens with zero attached hydrogens (tertiary/aromatic N) is 5. The Bertz CT molecular complexity index is 1040. The summed E-state index contributed by atoms with van der Waals surface area (Å²) in [4.78, 5) is 29.3. The Kier molecular flexibility index (Phi) is 5.65. The van der Waals surface area contributed by atoms with Crippen LogP contribution >= 0.6 is 0 Å². The number of carbonyl (C=O) groups is 2. The molecule has 0 radical (unpaired) electrons. The number of aryl methyl sites for hydroxylation is 1. The van der Waals surface area contributed by atoms with Crippen LogP contribution in [0.5, 0.6) is 0 Å². The van der Waals surface area contributed by atoms with E-state index in [-0.39, 0.29) is 5.91 Å². The van der Waals surface area contributed by atoms with Crippen molar-refractivity contribution in [1.29, 1.82) is 0 Å². The van der Waals surface area contributed by atoms with Gasteiger partial charge in [0.15, 0.2) is 6.10 Å². The maximum absolute atomic E-state index is 12.8. The van der Waals surface area contributed by atoms with E-state index in [1.165, 1.54) is 0 Å². The highest BCUT2D eigenvalue weighted by atomic mass is 16.5. The average Bonchev–Trinajstić information content (AvgIpc) is 3.21. The number of aromatic nitrogens is 3. The highest BCUT2D eigenvalue weighted by Crippen LogP contribution is 2.18. The van der Waals surface area contributed by atoms with Crippen LogP contribution in [0.3, 0.4) is 0 Å². The van der Waals surface area contributed by atoms with Gasteiger partial charge < -0.3 is 14.5 Å². The first-order chi connectivity index (χ1) is 14.6. The smallest absolute Gasteiger partial charge is 0.338 e. The van der Waals surface area contributed by atoms with E-state index in [2.05, 4.69) is 27.3 Å². The van der Waals surface area contributed by atoms with Gasteiger partial charge in [-0.1, -0.05) is 23.4 Å². The van der Waals surface area contributed by atoms with Crippen molar-refractivity contribution in [1.82, 2.24) is 19.9 Å². The van der Waals surface area contributed by atoms with E-state index < -0.39 is 12.1 Å². The molecule has 0 saturated carbocycles. The van der Waals surface area contributed by atoms with Gasteiger partial charge in [-0.05, 0) is 44.2 Å². The summed E-state index contributed by atoms with van der Waals surface area (Å²) in [5.41, 5.74) is 3.00. The summed E-state index contributed by atoms with van der Waals surface area (Å²) in [7, 11) is 0. The Morgan fingerprint density at radius 3 is 2.50 bits per heavy atom. The Hall–Kier alpha value is -3.42. The highest BCUT2D eigenvalue weighted by molar-refractivity contribution is 5.95. The molecule has 8 nitrogen and oxygen atoms in total. The Morgan fingerprint density at radius 2 is 1.80 bits per heavy atom. The third-order valence-electron chi connectivity index (χ3n) is 5.39. The molecule has 2 aromatic carbocycles. The molecule has 2 heterocycles. The summed E-state index contributed by atoms with van der Waals surface area (Å²) < 4.78 is 7.20. The predicted octanol–water partition coefficient (Wildman–Crippen LogP) is 2.35. The first-order valence-electron chi connectivity index (χ1n) is 10.2. The second-order valence-corrected chi connectivity index (χ2v) is 7.30. The molecular weight excluding hydrogens is 382 g/mol. The van der Waals surface area contributed by atoms with Crippen LogP contribution in [0.4, 0.5) is 5.69 Å². The predicted molar refractivity (Wildman–Crippen MR) is 113 cm³/mol. The summed E-state index contributed by atoms with van der Waals surface area (Å²) in [6.45, 7) is 6.99. The lowest BCUT2D eigenvalue weighted by Crippen LogP contribution is -2.51. The number of benzene rings is 2. The molecule has 0 spiro atoms. The number of piperazine rings is 1. The second-order valence-electron chi connectivity index (χ2n) is 7.30. The van der Waals surface area contributed by atoms with Gasteiger partial charge in [-0.15, -0.1) is 5.10 Å². The number of carbonyl (C=O) groups excluding carboxylic acids is 2. The molecule has 1 aromatic heterocycles. The van der Waals surface area contributed by atoms with Gasteiger partial charge in [-0.3, -0.25) is 4.79 Å². The maximum Gasteiger partial charge on any atom is 0.338 e. The van der Waals surface area contributed by atoms with E-state index in [1.807, 2.05) is 25.1 Å². The minimum Gasteiger partial charge on any atom is -0.449 e. The van der Waals surface area contributed by atoms with Gasteiger partial charge in [-0.25, -0.2) is 9.48 Å². The van der Waals surface area contributed by atoms with Crippen LogP contribution in [0, 0.1) is 0 Å². The molecule has 1 fully saturated rings. The minimum absolute atomic E-state index is 0.172. The van der Waals surface area contributed by atoms with Crippen LogP contribution in [0.2, 0.25) is 0 Å². The van der Waals surface area contributed by atoms with Gasteiger partial charge in [0.05, 0.1) is 11.1 Å². The molecule has 0 aliphatic carbocycles. The van der Waals surface area contributed by atoms with E-state index in [4.69, 9.17) is 4.74 Å². The Morgan fingerprint density at radius 1 is 1.07 bits per heavy atom. The molecule has 1 atom stereocenters. The molecule has 3 aromatic rings. The van der Waals surface area contributed by atoms with Gasteiger partial charge in [0.1, 0.15) is 5.52 Å². The fourth-order valence-corrected chi connectivity index (χ4v) is 3.69. The molecular formula is C22H25N5O3. The van der Waals surface area contributed by atoms with Gasteiger partial charge in [-0.2, -0.15) is 0 Å². The van der Waals surface area contributed by atoms with Crippen molar-refractivity contribution in [3.63, 3.8) is 0 Å². The number of rotatable bonds is 5. The van der Waals surface area contributed by atoms with Gasteiger partial charge in [0, 0.05) is 38.4 Å². The van der Waals surface area contributed by atoms with Gasteiger partial charge in [0.2, 0.25) is 0 Å². The van der Waals surface area contributed by atoms with Gasteiger partial charge in [0.25, 0.3) is 5.91 Å². The van der Waals surface area contributed by atoms with Crippen molar-refractivity contribution >= 4 is 28.6 Å². The third kappa shape index (κ3) is 3.98. The number of fused-ring (bicyclic) bond motifs is 1. The summed E-state index contributed by atoms with van der Waals surface area (Å²) in [6.07, 6.45) is -0.845. The summed E-state index contributed by atoms with van der Waals surface area (Å²) in [6, 6.07) is 15.3. The van der Waals surface area contributed by atoms with Crippen molar-refractivity contribution < 1.29 is 14.3 Å². The van der Waals surface area contributed by atoms with Crippen molar-refractivity contribution in [3.8, 4) is 0 Å². The van der Waals surface area contributed by atoms with Crippen LogP contribution in [-0.4, -0.2) is 64.1 Å². The third-order valence-corrected chi connectivity index (χ3v) is 5.39. The molecule has 0 bridgehead atoms. The lowest BCUT2D eigenvalue weighted by atomic mass is 10.2. The molecule has 1 aliphatic rings. The second kappa shape index (κ2) is 8.52. The first kappa shape index (κ1) is 19.9. The van der Waals surface area contributed by atoms with Crippen LogP contribution < -0.4 is 4.90 Å². The summed E-state index contributed by atoms with van der Waals surface area (Å²) in [5, 5.41) is 8.12. The average molecular weight is 407 g/mol. The SMILES string of the molecule is CCn1nnc2cc(C(=O)O[C@H](C)C(=O)N3CCN(c4ccccc4)CC3)ccc21. The summed E-state index contributed by atoms with van der Waals surface area (Å²) in [5.74, 6) is -0.708. The van der Waals surface area contributed by atoms with E-state index in [1.54, 1.807) is 34.7 Å². The monoisotopic (exact) mass is 407 g/mol. The molecule has 8 heteroatoms. The van der Waals surface area contributed by atoms with Crippen molar-refractivity contribution in [3.05, 3.63) is 54.1 Å². The van der Waals surface area contributed by atoms with Crippen LogP contribution in [-0.2, 0) is 16.1 Å². The van der Waals surface area contributed by atoms with Crippen molar-refractivity contribution in [2.45, 2.75) is 26.5 Å². The number of anilines is 1. The minimum atomic E-state index is -0.845. The van der Waals surface area contributed by atoms with Crippen LogP contribution in [0.1, 0.15) is 24.2 Å². The molecule has 30 heavy (non-hydrogen) atoms. The Balaban J connectivity index is 1.35. The van der Waals surface area contributed by atoms with Crippen molar-refractivity contribution in [2.75, 3.05) is 31.1 Å². The standard InChI is InChI=1S/C22H25N5O3/c1-3-27-20-10-9-17(15-19(20)23-24-27)22(29)30-16(2)21(28)26-13-11-25(12-14-26)18-7-5-4-6-8-18/h4-10,15-16H,3,11-14H2,1-2H3/t16-/m1/s1. The number of ether oxygens (including phenoxy) is 1. The van der Waals surface area contributed by atoms with Crippen LogP contribution in [0.25, 0.3) is 11.0 Å². The number of hydrogen-bond donors (Lipinski definition) is 0. The highest BCUT2D eigenvalue weighted by Gasteiger charge is 2.27. The largest absolute Gasteiger partial charge is 0.449 e. The van der Waals surface area contributed by atoms with E-state index in [0.717, 1.165) is 24.3 Å². The fourth-order valence-electron chi connectivity index (χ4n) is 3.69. The zero-order valence-corrected chi connectivity index (χ0v) is 17.2. The van der Waals surface area contributed by atoms with Crippen molar-refractivity contribution in [2.24, 2.45) is 0 Å². The fraction of sp³-hybridized carbons (Fsp3) is 0.364. The molecule has 4 rings (SSSR count). The lowest BCUT2D eigenvalue weighted by molar-refractivity contribution is -0.140. The number of esters is 1. The van der Waals surface area contributed by atoms with E-state index in [0.29, 0.717) is 30.7 Å². The zero-order valence-electron chi connectivity index (χ0n) is 17.2. The molecule has 156 valence electrons. The number of hydrogen-bond acceptors (Lipinski definition) is 6. The number of para-hydroxylation sites is 1. The Labute approximate surface area is 175 Å². The topological polar surface area (TPSA) is 80.6 Å². The maximum atomic E-state index is 12.8. The first-order valence-corrected chi connectivity index (χ1v) is 10.2. The van der Waals surface area contributed by atoms with E-state index in [9.17, 15) is 9.59 Å². The molecule has 0 unspecified atom stereocenters. The molecule has 1 aliphatic heterocycles. The molecule has 1 amide bonds. The van der Waals surface area contributed by atoms with Crippen LogP contribution in [0.15, 0.2) is 48.5 Å².